The number of sulfone groups is 1. The van der Waals surface area contributed by atoms with E-state index in [0.29, 0.717) is 31.7 Å². The summed E-state index contributed by atoms with van der Waals surface area (Å²) in [6.07, 6.45) is 2.52. The van der Waals surface area contributed by atoms with Crippen LogP contribution in [0.3, 0.4) is 0 Å². The lowest BCUT2D eigenvalue weighted by molar-refractivity contribution is -0.0435. The van der Waals surface area contributed by atoms with Gasteiger partial charge in [-0.2, -0.15) is 18.4 Å². The molecule has 2 amide bonds. The summed E-state index contributed by atoms with van der Waals surface area (Å²) in [5.74, 6) is -0.0393. The Morgan fingerprint density at radius 2 is 1.85 bits per heavy atom. The molecule has 0 unspecified atom stereocenters. The zero-order valence-corrected chi connectivity index (χ0v) is 14.9. The molecule has 1 aromatic rings. The van der Waals surface area contributed by atoms with Crippen molar-refractivity contribution >= 4 is 33.2 Å². The van der Waals surface area contributed by atoms with Crippen LogP contribution in [0.1, 0.15) is 25.7 Å². The first kappa shape index (κ1) is 20.3. The Morgan fingerprint density at radius 3 is 2.38 bits per heavy atom. The molecule has 0 heterocycles. The van der Waals surface area contributed by atoms with E-state index in [1.54, 1.807) is 0 Å². The summed E-state index contributed by atoms with van der Waals surface area (Å²) in [6.45, 7) is 0. The van der Waals surface area contributed by atoms with Crippen molar-refractivity contribution in [3.8, 4) is 6.07 Å². The molecule has 2 rings (SSSR count). The number of hydrogen-bond donors (Lipinski definition) is 2. The third-order valence-corrected chi connectivity index (χ3v) is 6.00. The number of nitrogens with zero attached hydrogens (tertiary/aromatic N) is 1. The van der Waals surface area contributed by atoms with Crippen LogP contribution >= 0.6 is 11.6 Å². The molecular formula is C15H15ClF3N3O3S. The van der Waals surface area contributed by atoms with Gasteiger partial charge >= 0.3 is 11.5 Å². The number of carbonyl (C=O) groups excluding carboxylic acids is 1. The van der Waals surface area contributed by atoms with Crippen LogP contribution in [0.2, 0.25) is 5.02 Å². The standard InChI is InChI=1S/C15H15ClF3N3O3S/c16-12-6-5-11(7-13(12)26(24,25)15(17,18)19)22-14(23)21-10-3-1-9(8-20)2-4-10/h5-7,9-10H,1-4H2,(H2,21,22,23). The van der Waals surface area contributed by atoms with E-state index in [2.05, 4.69) is 16.7 Å². The van der Waals surface area contributed by atoms with E-state index in [4.69, 9.17) is 16.9 Å². The molecule has 1 fully saturated rings. The lowest BCUT2D eigenvalue weighted by Gasteiger charge is -2.25. The molecule has 0 radical (unpaired) electrons. The van der Waals surface area contributed by atoms with Gasteiger partial charge in [0.25, 0.3) is 9.84 Å². The molecule has 0 aliphatic heterocycles. The fourth-order valence-electron chi connectivity index (χ4n) is 2.63. The predicted octanol–water partition coefficient (Wildman–Crippen LogP) is 3.84. The van der Waals surface area contributed by atoms with Crippen LogP contribution in [0.25, 0.3) is 0 Å². The summed E-state index contributed by atoms with van der Waals surface area (Å²) in [7, 11) is -5.64. The number of nitrogens with one attached hydrogen (secondary N) is 2. The Balaban J connectivity index is 2.08. The Hall–Kier alpha value is -1.99. The van der Waals surface area contributed by atoms with E-state index in [0.717, 1.165) is 6.07 Å². The van der Waals surface area contributed by atoms with Crippen molar-refractivity contribution in [2.24, 2.45) is 5.92 Å². The highest BCUT2D eigenvalue weighted by atomic mass is 35.5. The fraction of sp³-hybridized carbons (Fsp3) is 0.467. The number of halogens is 4. The molecule has 11 heteroatoms. The lowest BCUT2D eigenvalue weighted by atomic mass is 9.87. The van der Waals surface area contributed by atoms with Gasteiger partial charge in [0.1, 0.15) is 0 Å². The third-order valence-electron chi connectivity index (χ3n) is 4.03. The van der Waals surface area contributed by atoms with Crippen molar-refractivity contribution in [2.45, 2.75) is 42.1 Å². The number of hydrogen-bond acceptors (Lipinski definition) is 4. The third kappa shape index (κ3) is 4.59. The van der Waals surface area contributed by atoms with Gasteiger partial charge in [-0.05, 0) is 43.9 Å². The quantitative estimate of drug-likeness (QED) is 0.792. The molecule has 1 aliphatic rings. The monoisotopic (exact) mass is 409 g/mol. The van der Waals surface area contributed by atoms with Crippen LogP contribution in [0.5, 0.6) is 0 Å². The van der Waals surface area contributed by atoms with Crippen LogP contribution < -0.4 is 10.6 Å². The number of alkyl halides is 3. The van der Waals surface area contributed by atoms with Crippen LogP contribution in [0, 0.1) is 17.2 Å². The molecule has 26 heavy (non-hydrogen) atoms. The predicted molar refractivity (Wildman–Crippen MR) is 88.2 cm³/mol. The van der Waals surface area contributed by atoms with E-state index in [1.165, 1.54) is 6.07 Å². The van der Waals surface area contributed by atoms with Gasteiger partial charge < -0.3 is 10.6 Å². The zero-order chi connectivity index (χ0) is 19.5. The Kier molecular flexibility index (Phi) is 6.03. The van der Waals surface area contributed by atoms with Crippen LogP contribution in [0.15, 0.2) is 23.1 Å². The molecule has 0 saturated heterocycles. The van der Waals surface area contributed by atoms with E-state index >= 15 is 0 Å². The topological polar surface area (TPSA) is 99.1 Å². The minimum absolute atomic E-state index is 0.0393. The van der Waals surface area contributed by atoms with Gasteiger partial charge in [-0.1, -0.05) is 11.6 Å². The first-order valence-electron chi connectivity index (χ1n) is 7.62. The van der Waals surface area contributed by atoms with Gasteiger partial charge in [-0.3, -0.25) is 0 Å². The highest BCUT2D eigenvalue weighted by Crippen LogP contribution is 2.35. The zero-order valence-electron chi connectivity index (χ0n) is 13.3. The highest BCUT2D eigenvalue weighted by molar-refractivity contribution is 7.92. The second kappa shape index (κ2) is 7.72. The van der Waals surface area contributed by atoms with Gasteiger partial charge in [0, 0.05) is 17.6 Å². The van der Waals surface area contributed by atoms with Gasteiger partial charge in [0.2, 0.25) is 0 Å². The molecule has 1 aromatic carbocycles. The van der Waals surface area contributed by atoms with Gasteiger partial charge in [0.05, 0.1) is 16.0 Å². The molecule has 0 spiro atoms. The van der Waals surface area contributed by atoms with Crippen LogP contribution in [-0.2, 0) is 9.84 Å². The maximum absolute atomic E-state index is 12.7. The normalized spacial score (nSPS) is 20.9. The van der Waals surface area contributed by atoms with Crippen molar-refractivity contribution in [3.05, 3.63) is 23.2 Å². The first-order valence-corrected chi connectivity index (χ1v) is 9.48. The summed E-state index contributed by atoms with van der Waals surface area (Å²) in [6, 6.07) is 4.15. The summed E-state index contributed by atoms with van der Waals surface area (Å²) in [4.78, 5) is 10.9. The van der Waals surface area contributed by atoms with Gasteiger partial charge in [0.15, 0.2) is 0 Å². The summed E-state index contributed by atoms with van der Waals surface area (Å²) >= 11 is 5.57. The molecular weight excluding hydrogens is 395 g/mol. The number of rotatable bonds is 3. The summed E-state index contributed by atoms with van der Waals surface area (Å²) in [5.41, 5.74) is -5.64. The van der Waals surface area contributed by atoms with Crippen LogP contribution in [0.4, 0.5) is 23.7 Å². The van der Waals surface area contributed by atoms with Crippen molar-refractivity contribution in [2.75, 3.05) is 5.32 Å². The van der Waals surface area contributed by atoms with Crippen molar-refractivity contribution in [3.63, 3.8) is 0 Å². The maximum Gasteiger partial charge on any atom is 0.501 e. The second-order valence-electron chi connectivity index (χ2n) is 5.87. The van der Waals surface area contributed by atoms with E-state index in [-0.39, 0.29) is 17.6 Å². The maximum atomic E-state index is 12.7. The molecule has 1 aliphatic carbocycles. The van der Waals surface area contributed by atoms with Crippen LogP contribution in [-0.4, -0.2) is 26.0 Å². The van der Waals surface area contributed by atoms with Crippen molar-refractivity contribution in [1.82, 2.24) is 5.32 Å². The number of benzene rings is 1. The molecule has 0 bridgehead atoms. The Morgan fingerprint density at radius 1 is 1.23 bits per heavy atom. The van der Waals surface area contributed by atoms with Crippen molar-refractivity contribution in [1.29, 1.82) is 5.26 Å². The van der Waals surface area contributed by atoms with Gasteiger partial charge in [-0.15, -0.1) is 0 Å². The molecule has 0 aromatic heterocycles. The van der Waals surface area contributed by atoms with E-state index in [1.807, 2.05) is 0 Å². The molecule has 142 valence electrons. The number of amides is 2. The molecule has 2 N–H and O–H groups in total. The van der Waals surface area contributed by atoms with E-state index in [9.17, 15) is 26.4 Å². The summed E-state index contributed by atoms with van der Waals surface area (Å²) < 4.78 is 61.1. The number of nitriles is 1. The number of carbonyl (C=O) groups is 1. The Labute approximate surface area is 153 Å². The van der Waals surface area contributed by atoms with Gasteiger partial charge in [-0.25, -0.2) is 13.2 Å². The number of anilines is 1. The number of urea groups is 1. The first-order chi connectivity index (χ1) is 12.0. The second-order valence-corrected chi connectivity index (χ2v) is 8.19. The molecule has 1 saturated carbocycles. The smallest absolute Gasteiger partial charge is 0.335 e. The summed E-state index contributed by atoms with van der Waals surface area (Å²) in [5, 5.41) is 13.2. The average molecular weight is 410 g/mol. The molecule has 0 atom stereocenters. The minimum atomic E-state index is -5.64. The Bertz CT molecular complexity index is 829. The average Bonchev–Trinajstić information content (AvgIpc) is 2.56. The largest absolute Gasteiger partial charge is 0.501 e. The lowest BCUT2D eigenvalue weighted by Crippen LogP contribution is -2.40. The fourth-order valence-corrected chi connectivity index (χ4v) is 3.91. The SMILES string of the molecule is N#CC1CCC(NC(=O)Nc2ccc(Cl)c(S(=O)(=O)C(F)(F)F)c2)CC1. The highest BCUT2D eigenvalue weighted by Gasteiger charge is 2.48. The van der Waals surface area contributed by atoms with E-state index < -0.39 is 31.3 Å². The minimum Gasteiger partial charge on any atom is -0.335 e. The van der Waals surface area contributed by atoms with Crippen molar-refractivity contribution < 1.29 is 26.4 Å². The molecule has 6 nitrogen and oxygen atoms in total.